The second-order valence-corrected chi connectivity index (χ2v) is 14.9. The fourth-order valence-corrected chi connectivity index (χ4v) is 11.1. The molecule has 168 valence electrons. The first-order valence-corrected chi connectivity index (χ1v) is 13.4. The Morgan fingerprint density at radius 3 is 2.23 bits per heavy atom. The molecule has 0 spiro atoms. The molecule has 31 heavy (non-hydrogen) atoms. The van der Waals surface area contributed by atoms with E-state index in [4.69, 9.17) is 4.43 Å². The van der Waals surface area contributed by atoms with Gasteiger partial charge in [-0.05, 0) is 47.7 Å². The Bertz CT molecular complexity index is 923. The van der Waals surface area contributed by atoms with Crippen molar-refractivity contribution in [2.24, 2.45) is 0 Å². The smallest absolute Gasteiger partial charge is 0.201 e. The fraction of sp³-hybridized carbons (Fsp3) is 0.520. The lowest BCUT2D eigenvalue weighted by Crippen LogP contribution is -2.48. The number of rotatable bonds is 6. The largest absolute Gasteiger partial charge is 0.408 e. The van der Waals surface area contributed by atoms with Crippen molar-refractivity contribution >= 4 is 14.1 Å². The van der Waals surface area contributed by atoms with E-state index in [9.17, 15) is 13.6 Å². The first kappa shape index (κ1) is 23.7. The summed E-state index contributed by atoms with van der Waals surface area (Å²) in [5, 5.41) is 0. The third-order valence-corrected chi connectivity index (χ3v) is 13.0. The first-order chi connectivity index (χ1) is 14.6. The van der Waals surface area contributed by atoms with Crippen molar-refractivity contribution in [3.63, 3.8) is 0 Å². The van der Waals surface area contributed by atoms with Crippen LogP contribution in [0.5, 0.6) is 0 Å². The summed E-state index contributed by atoms with van der Waals surface area (Å²) in [6, 6.07) is 7.50. The van der Waals surface area contributed by atoms with Gasteiger partial charge in [0.2, 0.25) is 8.32 Å². The SMILES string of the molecule is CC(C)[Si](O[C@@H]1CC[C@H](c2cccc(F)c2F)C(=O)c2cccnc21)(C(C)C)C(C)C. The number of pyridine rings is 1. The summed E-state index contributed by atoms with van der Waals surface area (Å²) in [4.78, 5) is 18.0. The van der Waals surface area contributed by atoms with Gasteiger partial charge in [0.15, 0.2) is 17.4 Å². The highest BCUT2D eigenvalue weighted by Gasteiger charge is 2.48. The van der Waals surface area contributed by atoms with E-state index in [-0.39, 0.29) is 17.5 Å². The van der Waals surface area contributed by atoms with Crippen LogP contribution < -0.4 is 0 Å². The molecule has 2 atom stereocenters. The maximum Gasteiger partial charge on any atom is 0.201 e. The number of carbonyl (C=O) groups is 1. The summed E-state index contributed by atoms with van der Waals surface area (Å²) in [6.07, 6.45) is 2.27. The third-order valence-electron chi connectivity index (χ3n) is 6.85. The summed E-state index contributed by atoms with van der Waals surface area (Å²) in [5.41, 5.74) is 2.35. The molecule has 0 aliphatic heterocycles. The molecule has 0 amide bonds. The van der Waals surface area contributed by atoms with Crippen LogP contribution in [0, 0.1) is 11.6 Å². The zero-order valence-corrected chi connectivity index (χ0v) is 20.3. The quantitative estimate of drug-likeness (QED) is 0.344. The topological polar surface area (TPSA) is 39.2 Å². The number of halogens is 2. The molecule has 2 aromatic rings. The van der Waals surface area contributed by atoms with Gasteiger partial charge in [0, 0.05) is 17.3 Å². The van der Waals surface area contributed by atoms with Gasteiger partial charge in [-0.1, -0.05) is 53.7 Å². The number of fused-ring (bicyclic) bond motifs is 1. The lowest BCUT2D eigenvalue weighted by Gasteiger charge is -2.44. The number of hydrogen-bond acceptors (Lipinski definition) is 3. The van der Waals surface area contributed by atoms with Crippen molar-refractivity contribution in [3.05, 3.63) is 65.0 Å². The van der Waals surface area contributed by atoms with Crippen LogP contribution in [0.2, 0.25) is 16.6 Å². The van der Waals surface area contributed by atoms with E-state index in [0.29, 0.717) is 40.7 Å². The van der Waals surface area contributed by atoms with Gasteiger partial charge in [0.25, 0.3) is 0 Å². The minimum atomic E-state index is -2.23. The Labute approximate surface area is 185 Å². The maximum atomic E-state index is 14.6. The van der Waals surface area contributed by atoms with Crippen molar-refractivity contribution in [3.8, 4) is 0 Å². The van der Waals surface area contributed by atoms with Crippen LogP contribution in [0.3, 0.4) is 0 Å². The maximum absolute atomic E-state index is 14.6. The van der Waals surface area contributed by atoms with Gasteiger partial charge in [0.1, 0.15) is 0 Å². The number of aromatic nitrogens is 1. The molecule has 1 aromatic carbocycles. The van der Waals surface area contributed by atoms with Gasteiger partial charge in [-0.2, -0.15) is 0 Å². The standard InChI is InChI=1S/C25H33F2NO2Si/c1-15(2)31(16(3)4,17(5)6)30-22-13-12-19(18-9-7-11-21(26)23(18)27)25(29)20-10-8-14-28-24(20)22/h7-11,14-17,19,22H,12-13H2,1-6H3/t19-,22-/m1/s1. The molecular weight excluding hydrogens is 412 g/mol. The molecule has 0 saturated heterocycles. The number of hydrogen-bond donors (Lipinski definition) is 0. The van der Waals surface area contributed by atoms with Crippen LogP contribution in [-0.4, -0.2) is 19.1 Å². The summed E-state index contributed by atoms with van der Waals surface area (Å²) >= 11 is 0. The Morgan fingerprint density at radius 1 is 0.968 bits per heavy atom. The highest BCUT2D eigenvalue weighted by Crippen LogP contribution is 2.47. The summed E-state index contributed by atoms with van der Waals surface area (Å²) in [5.74, 6) is -2.84. The average molecular weight is 446 g/mol. The predicted octanol–water partition coefficient (Wildman–Crippen LogP) is 7.35. The molecule has 0 unspecified atom stereocenters. The van der Waals surface area contributed by atoms with E-state index >= 15 is 0 Å². The van der Waals surface area contributed by atoms with Crippen LogP contribution in [-0.2, 0) is 4.43 Å². The number of Topliss-reactive ketones (excluding diaryl/α,β-unsaturated/α-hetero) is 1. The number of benzene rings is 1. The van der Waals surface area contributed by atoms with Crippen molar-refractivity contribution in [2.45, 2.75) is 83.0 Å². The normalized spacial score (nSPS) is 19.8. The van der Waals surface area contributed by atoms with Gasteiger partial charge in [-0.3, -0.25) is 9.78 Å². The molecule has 1 aliphatic carbocycles. The summed E-state index contributed by atoms with van der Waals surface area (Å²) in [6.45, 7) is 13.3. The first-order valence-electron chi connectivity index (χ1n) is 11.2. The molecule has 0 bridgehead atoms. The average Bonchev–Trinajstić information content (AvgIpc) is 2.84. The van der Waals surface area contributed by atoms with E-state index < -0.39 is 25.9 Å². The zero-order valence-electron chi connectivity index (χ0n) is 19.3. The molecule has 3 nitrogen and oxygen atoms in total. The second-order valence-electron chi connectivity index (χ2n) is 9.50. The van der Waals surface area contributed by atoms with E-state index in [1.807, 2.05) is 0 Å². The monoisotopic (exact) mass is 445 g/mol. The summed E-state index contributed by atoms with van der Waals surface area (Å²) < 4.78 is 35.5. The Balaban J connectivity index is 2.07. The lowest BCUT2D eigenvalue weighted by molar-refractivity contribution is 0.0954. The number of nitrogens with zero attached hydrogens (tertiary/aromatic N) is 1. The minimum Gasteiger partial charge on any atom is -0.408 e. The Hall–Kier alpha value is -1.92. The second kappa shape index (κ2) is 9.29. The molecule has 1 aromatic heterocycles. The van der Waals surface area contributed by atoms with Gasteiger partial charge in [-0.25, -0.2) is 8.78 Å². The number of carbonyl (C=O) groups excluding carboxylic acids is 1. The molecule has 3 rings (SSSR count). The molecule has 6 heteroatoms. The summed E-state index contributed by atoms with van der Waals surface area (Å²) in [7, 11) is -2.23. The van der Waals surface area contributed by atoms with Crippen LogP contribution >= 0.6 is 0 Å². The van der Waals surface area contributed by atoms with E-state index in [1.54, 1.807) is 18.3 Å². The molecule has 1 aliphatic rings. The van der Waals surface area contributed by atoms with Crippen LogP contribution in [0.4, 0.5) is 8.78 Å². The third kappa shape index (κ3) is 4.24. The van der Waals surface area contributed by atoms with Gasteiger partial charge in [0.05, 0.1) is 17.7 Å². The van der Waals surface area contributed by atoms with Crippen molar-refractivity contribution in [2.75, 3.05) is 0 Å². The minimum absolute atomic E-state index is 0.112. The Kier molecular flexibility index (Phi) is 7.11. The zero-order chi connectivity index (χ0) is 22.9. The molecule has 0 fully saturated rings. The van der Waals surface area contributed by atoms with Gasteiger partial charge in [-0.15, -0.1) is 0 Å². The van der Waals surface area contributed by atoms with E-state index in [2.05, 4.69) is 46.5 Å². The fourth-order valence-electron chi connectivity index (χ4n) is 5.51. The molecule has 1 heterocycles. The van der Waals surface area contributed by atoms with Crippen LogP contribution in [0.15, 0.2) is 36.5 Å². The highest BCUT2D eigenvalue weighted by molar-refractivity contribution is 6.77. The lowest BCUT2D eigenvalue weighted by atomic mass is 9.88. The molecular formula is C25H33F2NO2Si. The molecule has 0 N–H and O–H groups in total. The van der Waals surface area contributed by atoms with Crippen LogP contribution in [0.1, 0.15) is 88.0 Å². The number of ketones is 1. The van der Waals surface area contributed by atoms with Crippen molar-refractivity contribution < 1.29 is 18.0 Å². The highest BCUT2D eigenvalue weighted by atomic mass is 28.4. The van der Waals surface area contributed by atoms with Gasteiger partial charge >= 0.3 is 0 Å². The Morgan fingerprint density at radius 2 is 1.61 bits per heavy atom. The van der Waals surface area contributed by atoms with Crippen LogP contribution in [0.25, 0.3) is 0 Å². The molecule has 0 saturated carbocycles. The predicted molar refractivity (Wildman–Crippen MR) is 122 cm³/mol. The van der Waals surface area contributed by atoms with Gasteiger partial charge < -0.3 is 4.43 Å². The van der Waals surface area contributed by atoms with Crippen molar-refractivity contribution in [1.82, 2.24) is 4.98 Å². The van der Waals surface area contributed by atoms with Crippen molar-refractivity contribution in [1.29, 1.82) is 0 Å². The molecule has 0 radical (unpaired) electrons. The van der Waals surface area contributed by atoms with E-state index in [1.165, 1.54) is 12.1 Å². The van der Waals surface area contributed by atoms with E-state index in [0.717, 1.165) is 6.07 Å².